The largest absolute Gasteiger partial charge is 0.493 e. The molecule has 0 saturated carbocycles. The van der Waals surface area contributed by atoms with Crippen molar-refractivity contribution in [2.45, 2.75) is 26.2 Å². The zero-order valence-electron chi connectivity index (χ0n) is 15.2. The Bertz CT molecular complexity index is 721. The van der Waals surface area contributed by atoms with Crippen LogP contribution in [-0.4, -0.2) is 25.3 Å². The minimum Gasteiger partial charge on any atom is -0.493 e. The summed E-state index contributed by atoms with van der Waals surface area (Å²) in [4.78, 5) is 0.326. The number of rotatable bonds is 7. The standard InChI is InChI=1S/C20H25NO3S/c1-20(2,3)15-6-8-16(9-7-15)23-11-12-24-17-10-5-14(19(21)25)13-18(17)22-4/h5-10,13H,11-12H2,1-4H3,(H2,21,25). The molecule has 0 radical (unpaired) electrons. The molecule has 5 heteroatoms. The van der Waals surface area contributed by atoms with Crippen molar-refractivity contribution in [1.82, 2.24) is 0 Å². The summed E-state index contributed by atoms with van der Waals surface area (Å²) in [6, 6.07) is 13.5. The first-order chi connectivity index (χ1) is 11.8. The van der Waals surface area contributed by atoms with Gasteiger partial charge in [-0.1, -0.05) is 45.1 Å². The minimum absolute atomic E-state index is 0.135. The molecule has 0 bridgehead atoms. The van der Waals surface area contributed by atoms with Crippen molar-refractivity contribution in [2.24, 2.45) is 5.73 Å². The second-order valence-corrected chi connectivity index (χ2v) is 7.14. The molecule has 0 aromatic heterocycles. The van der Waals surface area contributed by atoms with Gasteiger partial charge in [0, 0.05) is 5.56 Å². The van der Waals surface area contributed by atoms with Gasteiger partial charge in [0.15, 0.2) is 11.5 Å². The Morgan fingerprint density at radius 3 is 2.16 bits per heavy atom. The molecule has 0 atom stereocenters. The molecule has 0 heterocycles. The summed E-state index contributed by atoms with van der Waals surface area (Å²) in [6.07, 6.45) is 0. The molecule has 0 aliphatic carbocycles. The third-order valence-corrected chi connectivity index (χ3v) is 4.01. The van der Waals surface area contributed by atoms with Crippen molar-refractivity contribution in [3.8, 4) is 17.2 Å². The van der Waals surface area contributed by atoms with Crippen molar-refractivity contribution in [3.05, 3.63) is 53.6 Å². The average molecular weight is 359 g/mol. The van der Waals surface area contributed by atoms with Gasteiger partial charge in [-0.05, 0) is 41.3 Å². The highest BCUT2D eigenvalue weighted by Gasteiger charge is 2.13. The van der Waals surface area contributed by atoms with Gasteiger partial charge in [0.25, 0.3) is 0 Å². The van der Waals surface area contributed by atoms with Crippen LogP contribution in [0.4, 0.5) is 0 Å². The molecule has 0 unspecified atom stereocenters. The van der Waals surface area contributed by atoms with Crippen LogP contribution in [0, 0.1) is 0 Å². The highest BCUT2D eigenvalue weighted by Crippen LogP contribution is 2.28. The fourth-order valence-electron chi connectivity index (χ4n) is 2.30. The normalized spacial score (nSPS) is 11.0. The zero-order valence-corrected chi connectivity index (χ0v) is 16.0. The molecule has 0 spiro atoms. The number of ether oxygens (including phenoxy) is 3. The molecule has 0 aliphatic heterocycles. The van der Waals surface area contributed by atoms with E-state index in [0.717, 1.165) is 11.3 Å². The first kappa shape index (κ1) is 19.1. The molecular weight excluding hydrogens is 334 g/mol. The fraction of sp³-hybridized carbons (Fsp3) is 0.350. The SMILES string of the molecule is COc1cc(C(N)=S)ccc1OCCOc1ccc(C(C)(C)C)cc1. The summed E-state index contributed by atoms with van der Waals surface area (Å²) in [7, 11) is 1.58. The number of methoxy groups -OCH3 is 1. The molecule has 2 aromatic rings. The second-order valence-electron chi connectivity index (χ2n) is 6.70. The van der Waals surface area contributed by atoms with E-state index in [0.29, 0.717) is 29.7 Å². The lowest BCUT2D eigenvalue weighted by Crippen LogP contribution is -2.12. The van der Waals surface area contributed by atoms with E-state index < -0.39 is 0 Å². The summed E-state index contributed by atoms with van der Waals surface area (Å²) >= 11 is 4.97. The molecule has 0 fully saturated rings. The van der Waals surface area contributed by atoms with Crippen LogP contribution in [-0.2, 0) is 5.41 Å². The Kier molecular flexibility index (Phi) is 6.26. The van der Waals surface area contributed by atoms with Crippen LogP contribution < -0.4 is 19.9 Å². The lowest BCUT2D eigenvalue weighted by atomic mass is 9.87. The van der Waals surface area contributed by atoms with Crippen LogP contribution in [0.5, 0.6) is 17.2 Å². The molecule has 2 N–H and O–H groups in total. The van der Waals surface area contributed by atoms with E-state index in [1.165, 1.54) is 5.56 Å². The van der Waals surface area contributed by atoms with Crippen LogP contribution in [0.25, 0.3) is 0 Å². The van der Waals surface area contributed by atoms with Gasteiger partial charge in [-0.15, -0.1) is 0 Å². The summed E-state index contributed by atoms with van der Waals surface area (Å²) in [5.41, 5.74) is 7.78. The van der Waals surface area contributed by atoms with E-state index in [9.17, 15) is 0 Å². The van der Waals surface area contributed by atoms with Gasteiger partial charge in [-0.2, -0.15) is 0 Å². The van der Waals surface area contributed by atoms with Crippen LogP contribution in [0.2, 0.25) is 0 Å². The molecular formula is C20H25NO3S. The minimum atomic E-state index is 0.135. The lowest BCUT2D eigenvalue weighted by molar-refractivity contribution is 0.211. The molecule has 0 amide bonds. The van der Waals surface area contributed by atoms with Gasteiger partial charge in [0.2, 0.25) is 0 Å². The lowest BCUT2D eigenvalue weighted by Gasteiger charge is -2.19. The van der Waals surface area contributed by atoms with Crippen molar-refractivity contribution in [3.63, 3.8) is 0 Å². The summed E-state index contributed by atoms with van der Waals surface area (Å²) in [5, 5.41) is 0. The Morgan fingerprint density at radius 1 is 0.960 bits per heavy atom. The Hall–Kier alpha value is -2.27. The first-order valence-corrected chi connectivity index (χ1v) is 8.56. The van der Waals surface area contributed by atoms with E-state index in [1.807, 2.05) is 18.2 Å². The quantitative estimate of drug-likeness (QED) is 0.596. The molecule has 25 heavy (non-hydrogen) atoms. The Balaban J connectivity index is 1.88. The predicted molar refractivity (Wildman–Crippen MR) is 105 cm³/mol. The van der Waals surface area contributed by atoms with Gasteiger partial charge < -0.3 is 19.9 Å². The van der Waals surface area contributed by atoms with E-state index in [1.54, 1.807) is 19.2 Å². The van der Waals surface area contributed by atoms with E-state index in [2.05, 4.69) is 32.9 Å². The van der Waals surface area contributed by atoms with Crippen molar-refractivity contribution >= 4 is 17.2 Å². The van der Waals surface area contributed by atoms with E-state index >= 15 is 0 Å². The molecule has 4 nitrogen and oxygen atoms in total. The van der Waals surface area contributed by atoms with Gasteiger partial charge in [-0.25, -0.2) is 0 Å². The Labute approximate surface area is 154 Å². The summed E-state index contributed by atoms with van der Waals surface area (Å²) in [6.45, 7) is 7.41. The van der Waals surface area contributed by atoms with Crippen LogP contribution >= 0.6 is 12.2 Å². The number of benzene rings is 2. The maximum Gasteiger partial charge on any atom is 0.161 e. The number of nitrogens with two attached hydrogens (primary N) is 1. The number of hydrogen-bond acceptors (Lipinski definition) is 4. The predicted octanol–water partition coefficient (Wildman–Crippen LogP) is 4.08. The van der Waals surface area contributed by atoms with E-state index in [-0.39, 0.29) is 5.41 Å². The summed E-state index contributed by atoms with van der Waals surface area (Å²) < 4.78 is 16.8. The molecule has 2 rings (SSSR count). The molecule has 134 valence electrons. The van der Waals surface area contributed by atoms with Crippen LogP contribution in [0.15, 0.2) is 42.5 Å². The zero-order chi connectivity index (χ0) is 18.4. The van der Waals surface area contributed by atoms with Crippen LogP contribution in [0.1, 0.15) is 31.9 Å². The van der Waals surface area contributed by atoms with Crippen molar-refractivity contribution in [2.75, 3.05) is 20.3 Å². The number of hydrogen-bond donors (Lipinski definition) is 1. The van der Waals surface area contributed by atoms with Gasteiger partial charge in [-0.3, -0.25) is 0 Å². The molecule has 2 aromatic carbocycles. The van der Waals surface area contributed by atoms with Crippen molar-refractivity contribution in [1.29, 1.82) is 0 Å². The highest BCUT2D eigenvalue weighted by atomic mass is 32.1. The smallest absolute Gasteiger partial charge is 0.161 e. The second kappa shape index (κ2) is 8.21. The van der Waals surface area contributed by atoms with Crippen molar-refractivity contribution < 1.29 is 14.2 Å². The molecule has 0 aliphatic rings. The third-order valence-electron chi connectivity index (χ3n) is 3.78. The van der Waals surface area contributed by atoms with Gasteiger partial charge >= 0.3 is 0 Å². The summed E-state index contributed by atoms with van der Waals surface area (Å²) in [5.74, 6) is 2.06. The van der Waals surface area contributed by atoms with E-state index in [4.69, 9.17) is 32.2 Å². The van der Waals surface area contributed by atoms with Crippen LogP contribution in [0.3, 0.4) is 0 Å². The maximum atomic E-state index is 5.73. The number of thiocarbonyl (C=S) groups is 1. The third kappa shape index (κ3) is 5.36. The average Bonchev–Trinajstić information content (AvgIpc) is 2.58. The fourth-order valence-corrected chi connectivity index (χ4v) is 2.43. The van der Waals surface area contributed by atoms with Gasteiger partial charge in [0.05, 0.1) is 7.11 Å². The first-order valence-electron chi connectivity index (χ1n) is 8.15. The Morgan fingerprint density at radius 2 is 1.60 bits per heavy atom. The van der Waals surface area contributed by atoms with Gasteiger partial charge in [0.1, 0.15) is 24.0 Å². The maximum absolute atomic E-state index is 5.73. The molecule has 0 saturated heterocycles. The highest BCUT2D eigenvalue weighted by molar-refractivity contribution is 7.80. The monoisotopic (exact) mass is 359 g/mol. The topological polar surface area (TPSA) is 53.7 Å².